The summed E-state index contributed by atoms with van der Waals surface area (Å²) in [4.78, 5) is 8.82. The second-order valence-corrected chi connectivity index (χ2v) is 5.12. The number of aromatic nitrogens is 1. The SMILES string of the molecule is CCNC(=NCc1ccccn1)NCC(C)C(C)C.I. The fraction of sp³-hybridized carbons (Fsp3) is 0.600. The second-order valence-electron chi connectivity index (χ2n) is 5.12. The van der Waals surface area contributed by atoms with Gasteiger partial charge >= 0.3 is 0 Å². The summed E-state index contributed by atoms with van der Waals surface area (Å²) in [5.41, 5.74) is 0.983. The zero-order chi connectivity index (χ0) is 14.1. The molecule has 1 aromatic heterocycles. The minimum absolute atomic E-state index is 0. The van der Waals surface area contributed by atoms with Gasteiger partial charge in [0, 0.05) is 19.3 Å². The number of nitrogens with one attached hydrogen (secondary N) is 2. The third-order valence-corrected chi connectivity index (χ3v) is 3.20. The minimum Gasteiger partial charge on any atom is -0.357 e. The van der Waals surface area contributed by atoms with Gasteiger partial charge in [0.25, 0.3) is 0 Å². The Hall–Kier alpha value is -0.850. The first-order chi connectivity index (χ1) is 9.13. The van der Waals surface area contributed by atoms with Crippen molar-refractivity contribution in [2.75, 3.05) is 13.1 Å². The van der Waals surface area contributed by atoms with Gasteiger partial charge in [0.2, 0.25) is 0 Å². The van der Waals surface area contributed by atoms with Gasteiger partial charge in [-0.05, 0) is 30.9 Å². The van der Waals surface area contributed by atoms with Crippen molar-refractivity contribution in [2.24, 2.45) is 16.8 Å². The van der Waals surface area contributed by atoms with Crippen molar-refractivity contribution < 1.29 is 0 Å². The molecule has 1 rings (SSSR count). The van der Waals surface area contributed by atoms with Crippen LogP contribution in [0.15, 0.2) is 29.4 Å². The Morgan fingerprint density at radius 2 is 2.00 bits per heavy atom. The van der Waals surface area contributed by atoms with E-state index in [0.29, 0.717) is 18.4 Å². The molecule has 5 heteroatoms. The number of hydrogen-bond donors (Lipinski definition) is 2. The lowest BCUT2D eigenvalue weighted by Gasteiger charge is -2.18. The molecule has 1 atom stereocenters. The highest BCUT2D eigenvalue weighted by atomic mass is 127. The van der Waals surface area contributed by atoms with E-state index < -0.39 is 0 Å². The van der Waals surface area contributed by atoms with Gasteiger partial charge in [-0.25, -0.2) is 4.99 Å². The van der Waals surface area contributed by atoms with Crippen molar-refractivity contribution in [1.29, 1.82) is 0 Å². The summed E-state index contributed by atoms with van der Waals surface area (Å²) in [5, 5.41) is 6.64. The van der Waals surface area contributed by atoms with Crippen LogP contribution in [0.1, 0.15) is 33.4 Å². The molecule has 0 aliphatic heterocycles. The van der Waals surface area contributed by atoms with Gasteiger partial charge in [0.1, 0.15) is 0 Å². The Labute approximate surface area is 139 Å². The molecule has 2 N–H and O–H groups in total. The maximum Gasteiger partial charge on any atom is 0.191 e. The van der Waals surface area contributed by atoms with Gasteiger partial charge in [-0.15, -0.1) is 24.0 Å². The number of pyridine rings is 1. The highest BCUT2D eigenvalue weighted by Gasteiger charge is 2.07. The van der Waals surface area contributed by atoms with Gasteiger partial charge in [-0.2, -0.15) is 0 Å². The van der Waals surface area contributed by atoms with Gasteiger partial charge in [0.05, 0.1) is 12.2 Å². The first-order valence-corrected chi connectivity index (χ1v) is 7.05. The van der Waals surface area contributed by atoms with Crippen LogP contribution in [0.3, 0.4) is 0 Å². The van der Waals surface area contributed by atoms with Crippen molar-refractivity contribution in [3.05, 3.63) is 30.1 Å². The number of nitrogens with zero attached hydrogens (tertiary/aromatic N) is 2. The lowest BCUT2D eigenvalue weighted by atomic mass is 9.98. The third-order valence-electron chi connectivity index (χ3n) is 3.20. The van der Waals surface area contributed by atoms with Crippen LogP contribution in [-0.4, -0.2) is 24.0 Å². The summed E-state index contributed by atoms with van der Waals surface area (Å²) in [6.07, 6.45) is 1.80. The van der Waals surface area contributed by atoms with Crippen LogP contribution in [-0.2, 0) is 6.54 Å². The van der Waals surface area contributed by atoms with Crippen molar-refractivity contribution in [3.63, 3.8) is 0 Å². The molecule has 0 saturated heterocycles. The molecule has 4 nitrogen and oxygen atoms in total. The molecular weight excluding hydrogens is 363 g/mol. The number of aliphatic imine (C=N–C) groups is 1. The standard InChI is InChI=1S/C15H26N4.HI/c1-5-16-15(18-10-13(4)12(2)3)19-11-14-8-6-7-9-17-14;/h6-9,12-13H,5,10-11H2,1-4H3,(H2,16,18,19);1H. The van der Waals surface area contributed by atoms with Crippen LogP contribution in [0.2, 0.25) is 0 Å². The largest absolute Gasteiger partial charge is 0.357 e. The molecule has 1 unspecified atom stereocenters. The maximum absolute atomic E-state index is 4.55. The van der Waals surface area contributed by atoms with Crippen molar-refractivity contribution >= 4 is 29.9 Å². The van der Waals surface area contributed by atoms with Crippen LogP contribution in [0.25, 0.3) is 0 Å². The minimum atomic E-state index is 0. The molecule has 0 saturated carbocycles. The second kappa shape index (κ2) is 10.9. The molecular formula is C15H27IN4. The zero-order valence-corrected chi connectivity index (χ0v) is 15.2. The van der Waals surface area contributed by atoms with Crippen LogP contribution in [0.4, 0.5) is 0 Å². The summed E-state index contributed by atoms with van der Waals surface area (Å²) in [7, 11) is 0. The predicted octanol–water partition coefficient (Wildman–Crippen LogP) is 3.05. The van der Waals surface area contributed by atoms with E-state index in [4.69, 9.17) is 0 Å². The lowest BCUT2D eigenvalue weighted by Crippen LogP contribution is -2.40. The fourth-order valence-electron chi connectivity index (χ4n) is 1.49. The molecule has 0 aromatic carbocycles. The van der Waals surface area contributed by atoms with E-state index in [9.17, 15) is 0 Å². The predicted molar refractivity (Wildman–Crippen MR) is 96.5 cm³/mol. The lowest BCUT2D eigenvalue weighted by molar-refractivity contribution is 0.413. The third kappa shape index (κ3) is 7.67. The first-order valence-electron chi connectivity index (χ1n) is 7.05. The van der Waals surface area contributed by atoms with Gasteiger partial charge < -0.3 is 10.6 Å². The Balaban J connectivity index is 0.00000361. The first kappa shape index (κ1) is 19.1. The molecule has 0 aliphatic rings. The molecule has 114 valence electrons. The number of halogens is 1. The summed E-state index contributed by atoms with van der Waals surface area (Å²) in [6.45, 7) is 11.2. The normalized spacial score (nSPS) is 12.8. The van der Waals surface area contributed by atoms with Crippen LogP contribution in [0, 0.1) is 11.8 Å². The number of rotatable bonds is 6. The van der Waals surface area contributed by atoms with Crippen LogP contribution >= 0.6 is 24.0 Å². The summed E-state index contributed by atoms with van der Waals surface area (Å²) < 4.78 is 0. The molecule has 1 heterocycles. The molecule has 20 heavy (non-hydrogen) atoms. The van der Waals surface area contributed by atoms with Crippen LogP contribution in [0.5, 0.6) is 0 Å². The van der Waals surface area contributed by atoms with Gasteiger partial charge in [-0.1, -0.05) is 26.8 Å². The van der Waals surface area contributed by atoms with E-state index in [-0.39, 0.29) is 24.0 Å². The molecule has 0 radical (unpaired) electrons. The molecule has 1 aromatic rings. The summed E-state index contributed by atoms with van der Waals surface area (Å²) in [5.74, 6) is 2.16. The Morgan fingerprint density at radius 3 is 2.55 bits per heavy atom. The molecule has 0 amide bonds. The Kier molecular flexibility index (Phi) is 10.4. The summed E-state index contributed by atoms with van der Waals surface area (Å²) in [6, 6.07) is 5.89. The summed E-state index contributed by atoms with van der Waals surface area (Å²) >= 11 is 0. The van der Waals surface area contributed by atoms with E-state index in [1.165, 1.54) is 0 Å². The maximum atomic E-state index is 4.55. The van der Waals surface area contributed by atoms with Gasteiger partial charge in [-0.3, -0.25) is 4.98 Å². The van der Waals surface area contributed by atoms with E-state index >= 15 is 0 Å². The van der Waals surface area contributed by atoms with Gasteiger partial charge in [0.15, 0.2) is 5.96 Å². The van der Waals surface area contributed by atoms with E-state index in [2.05, 4.69) is 48.3 Å². The fourth-order valence-corrected chi connectivity index (χ4v) is 1.49. The quantitative estimate of drug-likeness (QED) is 0.446. The average molecular weight is 390 g/mol. The molecule has 0 aliphatic carbocycles. The Morgan fingerprint density at radius 1 is 1.25 bits per heavy atom. The topological polar surface area (TPSA) is 49.3 Å². The number of hydrogen-bond acceptors (Lipinski definition) is 2. The molecule has 0 fully saturated rings. The van der Waals surface area contributed by atoms with E-state index in [0.717, 1.165) is 24.7 Å². The highest BCUT2D eigenvalue weighted by Crippen LogP contribution is 2.07. The Bertz CT molecular complexity index is 379. The number of guanidine groups is 1. The zero-order valence-electron chi connectivity index (χ0n) is 12.9. The van der Waals surface area contributed by atoms with E-state index in [1.807, 2.05) is 18.2 Å². The van der Waals surface area contributed by atoms with Crippen molar-refractivity contribution in [1.82, 2.24) is 15.6 Å². The molecule has 0 spiro atoms. The van der Waals surface area contributed by atoms with Crippen LogP contribution < -0.4 is 10.6 Å². The molecule has 0 bridgehead atoms. The smallest absolute Gasteiger partial charge is 0.191 e. The van der Waals surface area contributed by atoms with E-state index in [1.54, 1.807) is 6.20 Å². The average Bonchev–Trinajstić information content (AvgIpc) is 2.42. The van der Waals surface area contributed by atoms with Crippen molar-refractivity contribution in [2.45, 2.75) is 34.2 Å². The van der Waals surface area contributed by atoms with Crippen molar-refractivity contribution in [3.8, 4) is 0 Å². The highest BCUT2D eigenvalue weighted by molar-refractivity contribution is 14.0. The monoisotopic (exact) mass is 390 g/mol.